The normalized spacial score (nSPS) is 18.8. The van der Waals surface area contributed by atoms with E-state index >= 15 is 0 Å². The lowest BCUT2D eigenvalue weighted by Gasteiger charge is -2.39. The van der Waals surface area contributed by atoms with Crippen LogP contribution in [0.5, 0.6) is 0 Å². The van der Waals surface area contributed by atoms with Crippen LogP contribution >= 0.6 is 34.5 Å². The number of imidazole rings is 1. The molecule has 1 amide bonds. The van der Waals surface area contributed by atoms with Crippen LogP contribution < -0.4 is 10.2 Å². The van der Waals surface area contributed by atoms with Crippen molar-refractivity contribution >= 4 is 70.5 Å². The Kier molecular flexibility index (Phi) is 9.59. The number of nitrogens with one attached hydrogen (secondary N) is 1. The fraction of sp³-hybridized carbons (Fsp3) is 0.429. The van der Waals surface area contributed by atoms with Crippen molar-refractivity contribution in [2.24, 2.45) is 0 Å². The number of amides is 1. The van der Waals surface area contributed by atoms with Gasteiger partial charge < -0.3 is 18.6 Å². The summed E-state index contributed by atoms with van der Waals surface area (Å²) in [7, 11) is -1.88. The third kappa shape index (κ3) is 6.83. The number of halogens is 3. The Hall–Kier alpha value is -3.33. The SMILES string of the molecule is CC(C)(C)[Si](C)(C)OCC1CN(c2ccc(-c3cc(Cl)c4cn(C(C(=O)Nc5nccs5)c5ncn6c5C[C@@H](F)C6)nc4c3Cl)cc2)CCO1. The number of ether oxygens (including phenoxy) is 1. The molecule has 1 saturated heterocycles. The van der Waals surface area contributed by atoms with Gasteiger partial charge in [-0.15, -0.1) is 11.3 Å². The van der Waals surface area contributed by atoms with Crippen LogP contribution in [0.4, 0.5) is 15.2 Å². The lowest BCUT2D eigenvalue weighted by atomic mass is 10.0. The van der Waals surface area contributed by atoms with E-state index in [4.69, 9.17) is 37.5 Å². The van der Waals surface area contributed by atoms with E-state index in [1.165, 1.54) is 16.0 Å². The van der Waals surface area contributed by atoms with Crippen LogP contribution in [0.3, 0.4) is 0 Å². The molecule has 10 nitrogen and oxygen atoms in total. The number of rotatable bonds is 9. The van der Waals surface area contributed by atoms with Gasteiger partial charge in [0.2, 0.25) is 0 Å². The van der Waals surface area contributed by atoms with E-state index in [1.807, 2.05) is 18.2 Å². The summed E-state index contributed by atoms with van der Waals surface area (Å²) < 4.78 is 30.2. The zero-order valence-corrected chi connectivity index (χ0v) is 31.9. The van der Waals surface area contributed by atoms with Crippen LogP contribution in [0, 0.1) is 0 Å². The highest BCUT2D eigenvalue weighted by Crippen LogP contribution is 2.40. The summed E-state index contributed by atoms with van der Waals surface area (Å²) in [5, 5.41) is 11.4. The second-order valence-electron chi connectivity index (χ2n) is 14.4. The van der Waals surface area contributed by atoms with Gasteiger partial charge in [-0.2, -0.15) is 5.10 Å². The van der Waals surface area contributed by atoms with E-state index in [1.54, 1.807) is 28.7 Å². The Morgan fingerprint density at radius 2 is 1.98 bits per heavy atom. The number of hydrogen-bond donors (Lipinski definition) is 1. The zero-order valence-electron chi connectivity index (χ0n) is 28.6. The number of hydrogen-bond acceptors (Lipinski definition) is 8. The van der Waals surface area contributed by atoms with E-state index in [0.717, 1.165) is 29.9 Å². The van der Waals surface area contributed by atoms with Gasteiger partial charge in [0.15, 0.2) is 19.5 Å². The van der Waals surface area contributed by atoms with Crippen molar-refractivity contribution in [2.75, 3.05) is 36.5 Å². The summed E-state index contributed by atoms with van der Waals surface area (Å²) in [6.07, 6.45) is 3.98. The van der Waals surface area contributed by atoms with Crippen LogP contribution in [0.2, 0.25) is 28.2 Å². The van der Waals surface area contributed by atoms with Gasteiger partial charge in [-0.25, -0.2) is 14.4 Å². The van der Waals surface area contributed by atoms with Crippen molar-refractivity contribution in [2.45, 2.75) is 70.2 Å². The Morgan fingerprint density at radius 3 is 2.70 bits per heavy atom. The number of fused-ring (bicyclic) bond motifs is 2. The first kappa shape index (κ1) is 35.1. The number of carbonyl (C=O) groups is 1. The number of morpholine rings is 1. The van der Waals surface area contributed by atoms with Crippen molar-refractivity contribution in [1.82, 2.24) is 24.3 Å². The maximum Gasteiger partial charge on any atom is 0.257 e. The minimum atomic E-state index is -1.88. The number of benzene rings is 2. The van der Waals surface area contributed by atoms with Gasteiger partial charge in [0, 0.05) is 59.6 Å². The predicted molar refractivity (Wildman–Crippen MR) is 200 cm³/mol. The molecule has 0 spiro atoms. The summed E-state index contributed by atoms with van der Waals surface area (Å²) in [5.41, 5.74) is 4.20. The van der Waals surface area contributed by atoms with Gasteiger partial charge in [-0.3, -0.25) is 14.8 Å². The smallest absolute Gasteiger partial charge is 0.257 e. The molecule has 0 saturated carbocycles. The Labute approximate surface area is 305 Å². The van der Waals surface area contributed by atoms with Gasteiger partial charge in [-0.1, -0.05) is 56.1 Å². The second-order valence-corrected chi connectivity index (χ2v) is 20.9. The molecule has 3 atom stereocenters. The highest BCUT2D eigenvalue weighted by atomic mass is 35.5. The van der Waals surface area contributed by atoms with E-state index < -0.39 is 26.4 Å². The van der Waals surface area contributed by atoms with Gasteiger partial charge in [0.25, 0.3) is 5.91 Å². The molecule has 2 aromatic carbocycles. The van der Waals surface area contributed by atoms with Crippen molar-refractivity contribution in [3.05, 3.63) is 75.9 Å². The largest absolute Gasteiger partial charge is 0.414 e. The zero-order chi connectivity index (χ0) is 35.4. The molecule has 50 heavy (non-hydrogen) atoms. The van der Waals surface area contributed by atoms with Crippen molar-refractivity contribution in [3.63, 3.8) is 0 Å². The lowest BCUT2D eigenvalue weighted by Crippen LogP contribution is -2.48. The molecule has 7 rings (SSSR count). The Morgan fingerprint density at radius 1 is 1.20 bits per heavy atom. The molecule has 2 aliphatic rings. The molecular formula is C35H40Cl2FN7O3SSi. The molecule has 0 radical (unpaired) electrons. The second kappa shape index (κ2) is 13.7. The minimum absolute atomic E-state index is 0.00238. The third-order valence-corrected chi connectivity index (χ3v) is 15.9. The monoisotopic (exact) mass is 755 g/mol. The number of anilines is 2. The highest BCUT2D eigenvalue weighted by Gasteiger charge is 2.38. The predicted octanol–water partition coefficient (Wildman–Crippen LogP) is 8.01. The minimum Gasteiger partial charge on any atom is -0.414 e. The molecule has 1 N–H and O–H groups in total. The molecule has 15 heteroatoms. The molecule has 2 unspecified atom stereocenters. The molecule has 0 aliphatic carbocycles. The van der Waals surface area contributed by atoms with Crippen molar-refractivity contribution < 1.29 is 18.3 Å². The maximum atomic E-state index is 14.4. The van der Waals surface area contributed by atoms with Gasteiger partial charge in [-0.05, 0) is 41.9 Å². The fourth-order valence-electron chi connectivity index (χ4n) is 6.24. The average Bonchev–Trinajstić information content (AvgIpc) is 3.89. The summed E-state index contributed by atoms with van der Waals surface area (Å²) in [6.45, 7) is 14.2. The Balaban J connectivity index is 1.15. The van der Waals surface area contributed by atoms with Crippen LogP contribution in [-0.4, -0.2) is 77.1 Å². The molecule has 3 aromatic heterocycles. The topological polar surface area (TPSA) is 99.3 Å². The van der Waals surface area contributed by atoms with Gasteiger partial charge in [0.1, 0.15) is 11.7 Å². The number of aromatic nitrogens is 5. The Bertz CT molecular complexity index is 2010. The quantitative estimate of drug-likeness (QED) is 0.152. The van der Waals surface area contributed by atoms with Crippen LogP contribution in [0.15, 0.2) is 54.4 Å². The first-order chi connectivity index (χ1) is 23.8. The molecule has 0 bridgehead atoms. The molecule has 5 heterocycles. The van der Waals surface area contributed by atoms with Crippen LogP contribution in [0.25, 0.3) is 22.0 Å². The van der Waals surface area contributed by atoms with E-state index in [-0.39, 0.29) is 24.1 Å². The number of thiazole rings is 1. The standard InChI is InChI=1S/C35H40Cl2FN7O3SSi/c1-35(2,3)50(4,5)48-19-24-17-43(11-12-47-24)23-8-6-21(7-9-23)25-15-27(36)26-18-45(42-30(26)29(25)37)32(33(46)41-34-39-10-13-49-34)31-28-14-22(38)16-44(28)20-40-31/h6-10,13,15,18,20,22,24,32H,11-12,14,16-17,19H2,1-5H3,(H,39,41,46)/t22-,24?,32?/m1/s1. The highest BCUT2D eigenvalue weighted by molar-refractivity contribution is 7.13. The van der Waals surface area contributed by atoms with E-state index in [0.29, 0.717) is 50.7 Å². The van der Waals surface area contributed by atoms with Crippen LogP contribution in [-0.2, 0) is 26.9 Å². The summed E-state index contributed by atoms with van der Waals surface area (Å²) in [4.78, 5) is 24.8. The van der Waals surface area contributed by atoms with Gasteiger partial charge in [0.05, 0.1) is 47.9 Å². The first-order valence-corrected chi connectivity index (χ1v) is 21.2. The molecular weight excluding hydrogens is 716 g/mol. The summed E-state index contributed by atoms with van der Waals surface area (Å²) >= 11 is 15.2. The molecule has 1 fully saturated rings. The van der Waals surface area contributed by atoms with E-state index in [2.05, 4.69) is 66.2 Å². The first-order valence-electron chi connectivity index (χ1n) is 16.6. The summed E-state index contributed by atoms with van der Waals surface area (Å²) in [6, 6.07) is 9.03. The molecule has 5 aromatic rings. The molecule has 264 valence electrons. The van der Waals surface area contributed by atoms with Crippen molar-refractivity contribution in [3.8, 4) is 11.1 Å². The van der Waals surface area contributed by atoms with Crippen molar-refractivity contribution in [1.29, 1.82) is 0 Å². The maximum absolute atomic E-state index is 14.4. The van der Waals surface area contributed by atoms with Crippen LogP contribution in [0.1, 0.15) is 38.2 Å². The fourth-order valence-corrected chi connectivity index (χ4v) is 8.36. The van der Waals surface area contributed by atoms with E-state index in [9.17, 15) is 9.18 Å². The number of carbonyl (C=O) groups excluding carboxylic acids is 1. The third-order valence-electron chi connectivity index (χ3n) is 10.0. The average molecular weight is 757 g/mol. The number of alkyl halides is 1. The molecule has 2 aliphatic heterocycles. The number of nitrogens with zero attached hydrogens (tertiary/aromatic N) is 6. The van der Waals surface area contributed by atoms with Gasteiger partial charge >= 0.3 is 0 Å². The lowest BCUT2D eigenvalue weighted by molar-refractivity contribution is -0.118. The summed E-state index contributed by atoms with van der Waals surface area (Å²) in [5.74, 6) is -0.406.